The molecule has 2 atom stereocenters. The van der Waals surface area contributed by atoms with E-state index in [0.29, 0.717) is 19.6 Å². The molecule has 0 radical (unpaired) electrons. The lowest BCUT2D eigenvalue weighted by Crippen LogP contribution is -2.49. The van der Waals surface area contributed by atoms with E-state index in [1.165, 1.54) is 0 Å². The lowest BCUT2D eigenvalue weighted by Gasteiger charge is -2.29. The number of rotatable bonds is 6. The highest BCUT2D eigenvalue weighted by molar-refractivity contribution is 5.84. The Bertz CT molecular complexity index is 1130. The summed E-state index contributed by atoms with van der Waals surface area (Å²) >= 11 is 0. The van der Waals surface area contributed by atoms with E-state index < -0.39 is 23.2 Å². The van der Waals surface area contributed by atoms with Gasteiger partial charge in [0.05, 0.1) is 6.54 Å². The molecule has 8 nitrogen and oxygen atoms in total. The van der Waals surface area contributed by atoms with Gasteiger partial charge in [0, 0.05) is 36.9 Å². The van der Waals surface area contributed by atoms with Crippen molar-refractivity contribution in [2.24, 2.45) is 5.92 Å². The van der Waals surface area contributed by atoms with Crippen molar-refractivity contribution in [3.63, 3.8) is 0 Å². The zero-order valence-corrected chi connectivity index (χ0v) is 20.0. The zero-order chi connectivity index (χ0) is 24.8. The van der Waals surface area contributed by atoms with Gasteiger partial charge in [0.25, 0.3) is 0 Å². The van der Waals surface area contributed by atoms with Gasteiger partial charge in [-0.3, -0.25) is 4.79 Å². The van der Waals surface area contributed by atoms with Crippen molar-refractivity contribution in [3.8, 4) is 11.1 Å². The van der Waals surface area contributed by atoms with E-state index in [9.17, 15) is 19.5 Å². The molecule has 2 aromatic carbocycles. The molecule has 0 bridgehead atoms. The highest BCUT2D eigenvalue weighted by Gasteiger charge is 2.57. The smallest absolute Gasteiger partial charge is 0.407 e. The molecule has 2 fully saturated rings. The number of ether oxygens (including phenoxy) is 2. The van der Waals surface area contributed by atoms with Gasteiger partial charge >= 0.3 is 12.1 Å². The third kappa shape index (κ3) is 4.16. The van der Waals surface area contributed by atoms with Crippen LogP contribution in [-0.2, 0) is 19.1 Å². The van der Waals surface area contributed by atoms with Crippen molar-refractivity contribution in [1.29, 1.82) is 0 Å². The number of carbonyl (C=O) groups excluding carboxylic acids is 2. The van der Waals surface area contributed by atoms with E-state index >= 15 is 0 Å². The summed E-state index contributed by atoms with van der Waals surface area (Å²) in [6, 6.07) is 16.2. The fraction of sp³-hybridized carbons (Fsp3) is 0.444. The Morgan fingerprint density at radius 3 is 2.34 bits per heavy atom. The maximum absolute atomic E-state index is 13.0. The fourth-order valence-electron chi connectivity index (χ4n) is 5.70. The molecule has 0 saturated carbocycles. The van der Waals surface area contributed by atoms with Gasteiger partial charge in [-0.15, -0.1) is 0 Å². The molecule has 3 aliphatic rings. The Morgan fingerprint density at radius 2 is 1.74 bits per heavy atom. The number of benzene rings is 2. The number of aliphatic carboxylic acids is 1. The average Bonchev–Trinajstić information content (AvgIpc) is 3.47. The molecule has 2 aromatic rings. The van der Waals surface area contributed by atoms with Gasteiger partial charge in [-0.1, -0.05) is 48.5 Å². The van der Waals surface area contributed by atoms with Crippen molar-refractivity contribution >= 4 is 18.0 Å². The Morgan fingerprint density at radius 1 is 1.11 bits per heavy atom. The molecule has 2 N–H and O–H groups in total. The van der Waals surface area contributed by atoms with Crippen LogP contribution in [0.5, 0.6) is 0 Å². The van der Waals surface area contributed by atoms with Gasteiger partial charge < -0.3 is 24.8 Å². The van der Waals surface area contributed by atoms with Gasteiger partial charge in [0.2, 0.25) is 5.91 Å². The first-order chi connectivity index (χ1) is 16.7. The molecule has 2 aliphatic heterocycles. The monoisotopic (exact) mass is 478 g/mol. The Kier molecular flexibility index (Phi) is 5.79. The largest absolute Gasteiger partial charge is 0.479 e. The fourth-order valence-corrected chi connectivity index (χ4v) is 5.70. The predicted octanol–water partition coefficient (Wildman–Crippen LogP) is 3.40. The highest BCUT2D eigenvalue weighted by Crippen LogP contribution is 2.44. The summed E-state index contributed by atoms with van der Waals surface area (Å²) in [5.41, 5.74) is 2.40. The van der Waals surface area contributed by atoms with E-state index in [4.69, 9.17) is 9.47 Å². The van der Waals surface area contributed by atoms with Crippen LogP contribution in [0.4, 0.5) is 4.79 Å². The van der Waals surface area contributed by atoms with Crippen LogP contribution in [-0.4, -0.2) is 65.4 Å². The molecule has 2 heterocycles. The van der Waals surface area contributed by atoms with Gasteiger partial charge in [-0.25, -0.2) is 9.59 Å². The second-order valence-electron chi connectivity index (χ2n) is 10.3. The summed E-state index contributed by atoms with van der Waals surface area (Å²) in [5.74, 6) is -1.49. The number of hydrogen-bond acceptors (Lipinski definition) is 5. The van der Waals surface area contributed by atoms with E-state index in [0.717, 1.165) is 22.3 Å². The number of likely N-dealkylation sites (tertiary alicyclic amines) is 1. The highest BCUT2D eigenvalue weighted by atomic mass is 16.5. The van der Waals surface area contributed by atoms with E-state index in [1.54, 1.807) is 18.7 Å². The van der Waals surface area contributed by atoms with Crippen LogP contribution in [0.15, 0.2) is 48.5 Å². The molecule has 1 aliphatic carbocycles. The molecule has 0 spiro atoms. The normalized spacial score (nSPS) is 22.9. The summed E-state index contributed by atoms with van der Waals surface area (Å²) in [4.78, 5) is 39.0. The number of carboxylic acids is 1. The second kappa shape index (κ2) is 8.68. The van der Waals surface area contributed by atoms with E-state index in [2.05, 4.69) is 29.6 Å². The molecular formula is C27H30N2O6. The molecule has 5 rings (SSSR count). The third-order valence-corrected chi connectivity index (χ3v) is 7.44. The summed E-state index contributed by atoms with van der Waals surface area (Å²) in [6.45, 7) is 4.49. The molecule has 8 heteroatoms. The molecule has 2 unspecified atom stereocenters. The molecule has 184 valence electrons. The van der Waals surface area contributed by atoms with Crippen LogP contribution in [0.3, 0.4) is 0 Å². The van der Waals surface area contributed by atoms with Crippen LogP contribution in [0.25, 0.3) is 11.1 Å². The van der Waals surface area contributed by atoms with Crippen molar-refractivity contribution < 1.29 is 29.0 Å². The maximum atomic E-state index is 13.0. The first kappa shape index (κ1) is 23.4. The zero-order valence-electron chi connectivity index (χ0n) is 20.0. The van der Waals surface area contributed by atoms with Gasteiger partial charge in [0.15, 0.2) is 5.60 Å². The molecule has 35 heavy (non-hydrogen) atoms. The first-order valence-corrected chi connectivity index (χ1v) is 12.0. The Labute approximate surface area is 204 Å². The minimum atomic E-state index is -1.31. The molecule has 0 aromatic heterocycles. The van der Waals surface area contributed by atoms with E-state index in [1.807, 2.05) is 24.3 Å². The lowest BCUT2D eigenvalue weighted by atomic mass is 9.91. The molecular weight excluding hydrogens is 448 g/mol. The topological polar surface area (TPSA) is 105 Å². The van der Waals surface area contributed by atoms with Crippen LogP contribution in [0.2, 0.25) is 0 Å². The minimum Gasteiger partial charge on any atom is -0.479 e. The van der Waals surface area contributed by atoms with Crippen molar-refractivity contribution in [3.05, 3.63) is 59.7 Å². The number of hydrogen-bond donors (Lipinski definition) is 2. The first-order valence-electron chi connectivity index (χ1n) is 12.0. The minimum absolute atomic E-state index is 0.0274. The number of nitrogens with zero attached hydrogens (tertiary/aromatic N) is 1. The van der Waals surface area contributed by atoms with Gasteiger partial charge in [0.1, 0.15) is 6.61 Å². The predicted molar refractivity (Wildman–Crippen MR) is 128 cm³/mol. The maximum Gasteiger partial charge on any atom is 0.407 e. The summed E-state index contributed by atoms with van der Waals surface area (Å²) in [6.07, 6.45) is 0.0603. The quantitative estimate of drug-likeness (QED) is 0.659. The number of alkyl carbamates (subject to hydrolysis) is 1. The number of carbonyl (C=O) groups is 3. The van der Waals surface area contributed by atoms with Crippen LogP contribution in [0.1, 0.15) is 43.7 Å². The van der Waals surface area contributed by atoms with Crippen LogP contribution >= 0.6 is 0 Å². The second-order valence-corrected chi connectivity index (χ2v) is 10.3. The molecule has 2 amide bonds. The van der Waals surface area contributed by atoms with Crippen LogP contribution < -0.4 is 5.32 Å². The van der Waals surface area contributed by atoms with E-state index in [-0.39, 0.29) is 37.3 Å². The van der Waals surface area contributed by atoms with Crippen molar-refractivity contribution in [2.45, 2.75) is 43.7 Å². The summed E-state index contributed by atoms with van der Waals surface area (Å²) in [7, 11) is 0. The molecule has 2 saturated heterocycles. The summed E-state index contributed by atoms with van der Waals surface area (Å²) in [5, 5.41) is 12.5. The SMILES string of the molecule is CC(C)(CC(=O)N1CC2CCOC2(C(=O)O)C1)NC(=O)OCC1c2ccccc2-c2ccccc21. The number of nitrogens with one attached hydrogen (secondary N) is 1. The third-order valence-electron chi connectivity index (χ3n) is 7.44. The van der Waals surface area contributed by atoms with Gasteiger partial charge in [-0.2, -0.15) is 0 Å². The van der Waals surface area contributed by atoms with Crippen molar-refractivity contribution in [1.82, 2.24) is 10.2 Å². The number of carboxylic acid groups (broad SMARTS) is 1. The standard InChI is InChI=1S/C27H30N2O6/c1-26(2,13-23(30)29-14-17-11-12-35-27(17,16-29)24(31)32)28-25(33)34-15-22-20-9-5-3-7-18(20)19-8-4-6-10-21(19)22/h3-10,17,22H,11-16H2,1-2H3,(H,28,33)(H,31,32). The number of amides is 2. The number of fused-ring (bicyclic) bond motifs is 4. The van der Waals surface area contributed by atoms with Crippen molar-refractivity contribution in [2.75, 3.05) is 26.3 Å². The summed E-state index contributed by atoms with van der Waals surface area (Å²) < 4.78 is 11.2. The average molecular weight is 479 g/mol. The Hall–Kier alpha value is -3.39. The Balaban J connectivity index is 1.18. The van der Waals surface area contributed by atoms with Crippen LogP contribution in [0, 0.1) is 5.92 Å². The van der Waals surface area contributed by atoms with Gasteiger partial charge in [-0.05, 0) is 42.5 Å². The lowest BCUT2D eigenvalue weighted by molar-refractivity contribution is -0.161.